The van der Waals surface area contributed by atoms with Crippen LogP contribution in [0.5, 0.6) is 0 Å². The second kappa shape index (κ2) is 6.17. The summed E-state index contributed by atoms with van der Waals surface area (Å²) in [7, 11) is 0. The van der Waals surface area contributed by atoms with Crippen LogP contribution >= 0.6 is 0 Å². The molecule has 0 spiro atoms. The van der Waals surface area contributed by atoms with E-state index in [2.05, 4.69) is 53.2 Å². The predicted molar refractivity (Wildman–Crippen MR) is 95.3 cm³/mol. The molecule has 3 nitrogen and oxygen atoms in total. The molecule has 1 unspecified atom stereocenters. The number of nitrogens with one attached hydrogen (secondary N) is 1. The first-order valence-electron chi connectivity index (χ1n) is 8.58. The van der Waals surface area contributed by atoms with Crippen molar-refractivity contribution in [2.45, 2.75) is 38.8 Å². The maximum absolute atomic E-state index is 4.78. The van der Waals surface area contributed by atoms with E-state index in [0.29, 0.717) is 6.04 Å². The lowest BCUT2D eigenvalue weighted by atomic mass is 10.0. The standard InChI is InChI=1S/C20H23N3/c1-15-8-6-7-13-23(15)14-16-9-2-3-10-17(16)20-21-18-11-4-5-12-19(18)22-20/h2-5,9-12,15H,6-8,13-14H2,1H3,(H,21,22). The maximum Gasteiger partial charge on any atom is 0.138 e. The molecular formula is C20H23N3. The van der Waals surface area contributed by atoms with E-state index in [0.717, 1.165) is 23.4 Å². The first-order chi connectivity index (χ1) is 11.3. The molecule has 1 fully saturated rings. The predicted octanol–water partition coefficient (Wildman–Crippen LogP) is 4.60. The summed E-state index contributed by atoms with van der Waals surface area (Å²) in [6.45, 7) is 4.56. The van der Waals surface area contributed by atoms with E-state index in [9.17, 15) is 0 Å². The molecule has 1 aliphatic rings. The van der Waals surface area contributed by atoms with Gasteiger partial charge in [0.1, 0.15) is 5.82 Å². The summed E-state index contributed by atoms with van der Waals surface area (Å²) in [6, 6.07) is 17.6. The molecule has 1 saturated heterocycles. The van der Waals surface area contributed by atoms with Gasteiger partial charge in [0.2, 0.25) is 0 Å². The number of H-pyrrole nitrogens is 1. The Morgan fingerprint density at radius 3 is 2.78 bits per heavy atom. The number of fused-ring (bicyclic) bond motifs is 1. The highest BCUT2D eigenvalue weighted by atomic mass is 15.2. The van der Waals surface area contributed by atoms with Gasteiger partial charge in [-0.3, -0.25) is 4.90 Å². The van der Waals surface area contributed by atoms with Crippen molar-refractivity contribution in [1.29, 1.82) is 0 Å². The number of hydrogen-bond acceptors (Lipinski definition) is 2. The molecule has 1 aromatic heterocycles. The SMILES string of the molecule is CC1CCCCN1Cc1ccccc1-c1nc2ccccc2[nH]1. The van der Waals surface area contributed by atoms with Crippen molar-refractivity contribution >= 4 is 11.0 Å². The first kappa shape index (κ1) is 14.5. The van der Waals surface area contributed by atoms with E-state index in [1.807, 2.05) is 12.1 Å². The van der Waals surface area contributed by atoms with Gasteiger partial charge in [-0.1, -0.05) is 42.8 Å². The lowest BCUT2D eigenvalue weighted by Crippen LogP contribution is -2.36. The number of piperidine rings is 1. The Bertz CT molecular complexity index is 772. The number of aromatic nitrogens is 2. The van der Waals surface area contributed by atoms with E-state index in [1.165, 1.54) is 36.9 Å². The Balaban J connectivity index is 1.69. The zero-order chi connectivity index (χ0) is 15.6. The number of nitrogens with zero attached hydrogens (tertiary/aromatic N) is 2. The van der Waals surface area contributed by atoms with Gasteiger partial charge in [0.05, 0.1) is 11.0 Å². The van der Waals surface area contributed by atoms with Crippen LogP contribution in [0, 0.1) is 0 Å². The maximum atomic E-state index is 4.78. The fraction of sp³-hybridized carbons (Fsp3) is 0.350. The highest BCUT2D eigenvalue weighted by molar-refractivity contribution is 5.79. The second-order valence-corrected chi connectivity index (χ2v) is 6.57. The van der Waals surface area contributed by atoms with Gasteiger partial charge >= 0.3 is 0 Å². The summed E-state index contributed by atoms with van der Waals surface area (Å²) in [6.07, 6.45) is 3.99. The molecule has 23 heavy (non-hydrogen) atoms. The van der Waals surface area contributed by atoms with Crippen LogP contribution in [0.3, 0.4) is 0 Å². The average Bonchev–Trinajstić information content (AvgIpc) is 3.01. The Morgan fingerprint density at radius 1 is 1.09 bits per heavy atom. The third-order valence-electron chi connectivity index (χ3n) is 4.98. The molecule has 0 amide bonds. The van der Waals surface area contributed by atoms with Crippen molar-refractivity contribution in [3.8, 4) is 11.4 Å². The lowest BCUT2D eigenvalue weighted by Gasteiger charge is -2.33. The van der Waals surface area contributed by atoms with Gasteiger partial charge in [-0.2, -0.15) is 0 Å². The summed E-state index contributed by atoms with van der Waals surface area (Å²) in [5.41, 5.74) is 4.72. The van der Waals surface area contributed by atoms with E-state index in [4.69, 9.17) is 4.98 Å². The van der Waals surface area contributed by atoms with Gasteiger partial charge in [0, 0.05) is 18.2 Å². The second-order valence-electron chi connectivity index (χ2n) is 6.57. The highest BCUT2D eigenvalue weighted by Crippen LogP contribution is 2.27. The van der Waals surface area contributed by atoms with Gasteiger partial charge in [-0.15, -0.1) is 0 Å². The molecule has 1 N–H and O–H groups in total. The molecule has 1 aliphatic heterocycles. The smallest absolute Gasteiger partial charge is 0.138 e. The minimum atomic E-state index is 0.674. The number of para-hydroxylation sites is 2. The average molecular weight is 305 g/mol. The van der Waals surface area contributed by atoms with E-state index >= 15 is 0 Å². The van der Waals surface area contributed by atoms with E-state index in [-0.39, 0.29) is 0 Å². The van der Waals surface area contributed by atoms with Crippen LogP contribution in [-0.4, -0.2) is 27.5 Å². The lowest BCUT2D eigenvalue weighted by molar-refractivity contribution is 0.153. The number of aromatic amines is 1. The number of hydrogen-bond donors (Lipinski definition) is 1. The molecule has 4 rings (SSSR count). The third kappa shape index (κ3) is 2.89. The van der Waals surface area contributed by atoms with Crippen LogP contribution in [-0.2, 0) is 6.54 Å². The van der Waals surface area contributed by atoms with Crippen LogP contribution in [0.15, 0.2) is 48.5 Å². The summed E-state index contributed by atoms with van der Waals surface area (Å²) in [5.74, 6) is 0.978. The summed E-state index contributed by atoms with van der Waals surface area (Å²) >= 11 is 0. The van der Waals surface area contributed by atoms with E-state index in [1.54, 1.807) is 0 Å². The number of rotatable bonds is 3. The van der Waals surface area contributed by atoms with E-state index < -0.39 is 0 Å². The van der Waals surface area contributed by atoms with Gasteiger partial charge < -0.3 is 4.98 Å². The first-order valence-corrected chi connectivity index (χ1v) is 8.58. The molecule has 0 radical (unpaired) electrons. The molecule has 0 saturated carbocycles. The Hall–Kier alpha value is -2.13. The molecule has 2 heterocycles. The largest absolute Gasteiger partial charge is 0.338 e. The molecule has 3 aromatic rings. The quantitative estimate of drug-likeness (QED) is 0.766. The molecule has 3 heteroatoms. The number of benzene rings is 2. The fourth-order valence-corrected chi connectivity index (χ4v) is 3.58. The number of imidazole rings is 1. The molecule has 1 atom stereocenters. The molecule has 0 aliphatic carbocycles. The van der Waals surface area contributed by atoms with Crippen LogP contribution in [0.4, 0.5) is 0 Å². The fourth-order valence-electron chi connectivity index (χ4n) is 3.58. The van der Waals surface area contributed by atoms with Crippen LogP contribution in [0.25, 0.3) is 22.4 Å². The van der Waals surface area contributed by atoms with Gasteiger partial charge in [-0.25, -0.2) is 4.98 Å². The van der Waals surface area contributed by atoms with Gasteiger partial charge in [0.15, 0.2) is 0 Å². The van der Waals surface area contributed by atoms with Crippen molar-refractivity contribution in [2.24, 2.45) is 0 Å². The minimum Gasteiger partial charge on any atom is -0.338 e. The summed E-state index contributed by atoms with van der Waals surface area (Å²) < 4.78 is 0. The normalized spacial score (nSPS) is 19.3. The summed E-state index contributed by atoms with van der Waals surface area (Å²) in [5, 5.41) is 0. The van der Waals surface area contributed by atoms with Crippen molar-refractivity contribution < 1.29 is 0 Å². The zero-order valence-corrected chi connectivity index (χ0v) is 13.6. The Morgan fingerprint density at radius 2 is 1.91 bits per heavy atom. The van der Waals surface area contributed by atoms with Crippen molar-refractivity contribution in [1.82, 2.24) is 14.9 Å². The molecular weight excluding hydrogens is 282 g/mol. The minimum absolute atomic E-state index is 0.674. The van der Waals surface area contributed by atoms with Crippen LogP contribution < -0.4 is 0 Å². The highest BCUT2D eigenvalue weighted by Gasteiger charge is 2.20. The summed E-state index contributed by atoms with van der Waals surface area (Å²) in [4.78, 5) is 10.9. The Labute approximate surface area is 137 Å². The van der Waals surface area contributed by atoms with Crippen molar-refractivity contribution in [3.63, 3.8) is 0 Å². The van der Waals surface area contributed by atoms with Crippen molar-refractivity contribution in [2.75, 3.05) is 6.54 Å². The monoisotopic (exact) mass is 305 g/mol. The van der Waals surface area contributed by atoms with Gasteiger partial charge in [0.25, 0.3) is 0 Å². The topological polar surface area (TPSA) is 31.9 Å². The van der Waals surface area contributed by atoms with Crippen molar-refractivity contribution in [3.05, 3.63) is 54.1 Å². The third-order valence-corrected chi connectivity index (χ3v) is 4.98. The Kier molecular flexibility index (Phi) is 3.88. The van der Waals surface area contributed by atoms with Crippen LogP contribution in [0.2, 0.25) is 0 Å². The van der Waals surface area contributed by atoms with Crippen LogP contribution in [0.1, 0.15) is 31.7 Å². The zero-order valence-electron chi connectivity index (χ0n) is 13.6. The molecule has 118 valence electrons. The van der Waals surface area contributed by atoms with Gasteiger partial charge in [-0.05, 0) is 44.0 Å². The molecule has 0 bridgehead atoms. The number of likely N-dealkylation sites (tertiary alicyclic amines) is 1. The molecule has 2 aromatic carbocycles.